The van der Waals surface area contributed by atoms with Gasteiger partial charge in [-0.3, -0.25) is 0 Å². The SMILES string of the molecule is CCC(C)[C@H](NS(=O)(=O)c1ccc(Cl)s1)[C@H](C)O. The van der Waals surface area contributed by atoms with Crippen LogP contribution < -0.4 is 4.72 Å². The van der Waals surface area contributed by atoms with Crippen molar-refractivity contribution >= 4 is 33.0 Å². The summed E-state index contributed by atoms with van der Waals surface area (Å²) in [7, 11) is -3.61. The molecule has 3 atom stereocenters. The molecule has 0 fully saturated rings. The summed E-state index contributed by atoms with van der Waals surface area (Å²) in [6, 6.07) is 2.51. The molecule has 1 unspecified atom stereocenters. The summed E-state index contributed by atoms with van der Waals surface area (Å²) >= 11 is 6.73. The van der Waals surface area contributed by atoms with E-state index in [2.05, 4.69) is 4.72 Å². The molecule has 0 spiro atoms. The van der Waals surface area contributed by atoms with Crippen molar-refractivity contribution in [3.05, 3.63) is 16.5 Å². The second-order valence-electron chi connectivity index (χ2n) is 4.33. The summed E-state index contributed by atoms with van der Waals surface area (Å²) in [6.45, 7) is 5.44. The molecular weight excluding hydrogens is 294 g/mol. The van der Waals surface area contributed by atoms with Crippen LogP contribution in [0.1, 0.15) is 27.2 Å². The zero-order valence-electron chi connectivity index (χ0n) is 10.6. The summed E-state index contributed by atoms with van der Waals surface area (Å²) in [5.41, 5.74) is 0. The number of thiophene rings is 1. The average Bonchev–Trinajstić information content (AvgIpc) is 2.72. The number of nitrogens with one attached hydrogen (secondary N) is 1. The molecule has 0 aliphatic heterocycles. The van der Waals surface area contributed by atoms with Gasteiger partial charge in [0.25, 0.3) is 0 Å². The highest BCUT2D eigenvalue weighted by Crippen LogP contribution is 2.26. The van der Waals surface area contributed by atoms with Gasteiger partial charge in [-0.25, -0.2) is 13.1 Å². The first-order chi connectivity index (χ1) is 8.27. The summed E-state index contributed by atoms with van der Waals surface area (Å²) < 4.78 is 27.4. The Morgan fingerprint density at radius 2 is 2.06 bits per heavy atom. The maximum absolute atomic E-state index is 12.1. The molecule has 0 aliphatic rings. The Labute approximate surface area is 117 Å². The zero-order chi connectivity index (χ0) is 13.9. The molecule has 0 aliphatic carbocycles. The Balaban J connectivity index is 2.93. The van der Waals surface area contributed by atoms with Crippen molar-refractivity contribution < 1.29 is 13.5 Å². The van der Waals surface area contributed by atoms with Crippen LogP contribution in [-0.4, -0.2) is 25.7 Å². The lowest BCUT2D eigenvalue weighted by atomic mass is 9.96. The molecule has 0 saturated carbocycles. The maximum atomic E-state index is 12.1. The Bertz CT molecular complexity index is 484. The number of hydrogen-bond donors (Lipinski definition) is 2. The second-order valence-corrected chi connectivity index (χ2v) is 7.99. The number of hydrogen-bond acceptors (Lipinski definition) is 4. The molecule has 0 radical (unpaired) electrons. The predicted molar refractivity (Wildman–Crippen MR) is 74.6 cm³/mol. The average molecular weight is 312 g/mol. The minimum atomic E-state index is -3.61. The van der Waals surface area contributed by atoms with Crippen LogP contribution in [0, 0.1) is 5.92 Å². The highest BCUT2D eigenvalue weighted by molar-refractivity contribution is 7.91. The van der Waals surface area contributed by atoms with Crippen molar-refractivity contribution in [1.29, 1.82) is 0 Å². The van der Waals surface area contributed by atoms with Crippen LogP contribution in [0.2, 0.25) is 4.34 Å². The highest BCUT2D eigenvalue weighted by Gasteiger charge is 2.28. The van der Waals surface area contributed by atoms with Crippen molar-refractivity contribution in [3.63, 3.8) is 0 Å². The van der Waals surface area contributed by atoms with Gasteiger partial charge in [-0.15, -0.1) is 11.3 Å². The van der Waals surface area contributed by atoms with E-state index in [0.717, 1.165) is 17.8 Å². The molecule has 2 N–H and O–H groups in total. The van der Waals surface area contributed by atoms with Crippen LogP contribution in [0.25, 0.3) is 0 Å². The van der Waals surface area contributed by atoms with E-state index >= 15 is 0 Å². The minimum Gasteiger partial charge on any atom is -0.392 e. The predicted octanol–water partition coefficient (Wildman–Crippen LogP) is 2.48. The number of aliphatic hydroxyl groups is 1. The second kappa shape index (κ2) is 6.34. The molecule has 0 saturated heterocycles. The Hall–Kier alpha value is -0.140. The first-order valence-electron chi connectivity index (χ1n) is 5.73. The molecule has 0 amide bonds. The van der Waals surface area contributed by atoms with E-state index in [1.807, 2.05) is 13.8 Å². The van der Waals surface area contributed by atoms with Gasteiger partial charge < -0.3 is 5.11 Å². The first kappa shape index (κ1) is 15.9. The van der Waals surface area contributed by atoms with E-state index in [4.69, 9.17) is 11.6 Å². The summed E-state index contributed by atoms with van der Waals surface area (Å²) in [4.78, 5) is 0. The fourth-order valence-electron chi connectivity index (χ4n) is 1.62. The monoisotopic (exact) mass is 311 g/mol. The summed E-state index contributed by atoms with van der Waals surface area (Å²) in [5.74, 6) is 0.0511. The van der Waals surface area contributed by atoms with Gasteiger partial charge >= 0.3 is 0 Å². The van der Waals surface area contributed by atoms with E-state index in [1.165, 1.54) is 6.07 Å². The van der Waals surface area contributed by atoms with Gasteiger partial charge in [-0.05, 0) is 25.0 Å². The molecule has 1 aromatic heterocycles. The molecule has 1 rings (SSSR count). The van der Waals surface area contributed by atoms with Crippen molar-refractivity contribution in [2.45, 2.75) is 43.5 Å². The third-order valence-electron chi connectivity index (χ3n) is 2.88. The number of rotatable bonds is 6. The zero-order valence-corrected chi connectivity index (χ0v) is 12.9. The molecule has 1 heterocycles. The van der Waals surface area contributed by atoms with Gasteiger partial charge in [0.05, 0.1) is 16.5 Å². The Morgan fingerprint density at radius 3 is 2.44 bits per heavy atom. The van der Waals surface area contributed by atoms with Crippen molar-refractivity contribution in [3.8, 4) is 0 Å². The molecule has 104 valence electrons. The van der Waals surface area contributed by atoms with Gasteiger partial charge in [-0.1, -0.05) is 31.9 Å². The first-order valence-corrected chi connectivity index (χ1v) is 8.41. The van der Waals surface area contributed by atoms with Crippen LogP contribution in [0.5, 0.6) is 0 Å². The van der Waals surface area contributed by atoms with Crippen LogP contribution in [0.3, 0.4) is 0 Å². The largest absolute Gasteiger partial charge is 0.392 e. The molecule has 18 heavy (non-hydrogen) atoms. The van der Waals surface area contributed by atoms with Gasteiger partial charge in [0.1, 0.15) is 4.21 Å². The van der Waals surface area contributed by atoms with Crippen molar-refractivity contribution in [2.24, 2.45) is 5.92 Å². The fourth-order valence-corrected chi connectivity index (χ4v) is 4.54. The van der Waals surface area contributed by atoms with Crippen LogP contribution in [-0.2, 0) is 10.0 Å². The molecule has 1 aromatic rings. The molecule has 0 bridgehead atoms. The van der Waals surface area contributed by atoms with Crippen LogP contribution in [0.4, 0.5) is 0 Å². The fraction of sp³-hybridized carbons (Fsp3) is 0.636. The smallest absolute Gasteiger partial charge is 0.250 e. The standard InChI is InChI=1S/C11H18ClNO3S2/c1-4-7(2)11(8(3)14)13-18(15,16)10-6-5-9(12)17-10/h5-8,11,13-14H,4H2,1-3H3/t7?,8-,11-/m0/s1. The third-order valence-corrected chi connectivity index (χ3v) is 6.06. The maximum Gasteiger partial charge on any atom is 0.250 e. The normalized spacial score (nSPS) is 17.4. The molecule has 0 aromatic carbocycles. The van der Waals surface area contributed by atoms with Crippen molar-refractivity contribution in [1.82, 2.24) is 4.72 Å². The minimum absolute atomic E-state index is 0.0511. The number of aliphatic hydroxyl groups excluding tert-OH is 1. The van der Waals surface area contributed by atoms with E-state index in [1.54, 1.807) is 13.0 Å². The van der Waals surface area contributed by atoms with E-state index in [0.29, 0.717) is 4.34 Å². The lowest BCUT2D eigenvalue weighted by Crippen LogP contribution is -2.45. The number of sulfonamides is 1. The summed E-state index contributed by atoms with van der Waals surface area (Å²) in [5, 5.41) is 9.68. The highest BCUT2D eigenvalue weighted by atomic mass is 35.5. The van der Waals surface area contributed by atoms with Gasteiger partial charge in [0.2, 0.25) is 10.0 Å². The Kier molecular flexibility index (Phi) is 5.61. The quantitative estimate of drug-likeness (QED) is 0.848. The Morgan fingerprint density at radius 1 is 1.44 bits per heavy atom. The van der Waals surface area contributed by atoms with E-state index in [-0.39, 0.29) is 10.1 Å². The van der Waals surface area contributed by atoms with Gasteiger partial charge in [0.15, 0.2) is 0 Å². The molecule has 7 heteroatoms. The van der Waals surface area contributed by atoms with Crippen molar-refractivity contribution in [2.75, 3.05) is 0 Å². The van der Waals surface area contributed by atoms with Crippen LogP contribution in [0.15, 0.2) is 16.3 Å². The van der Waals surface area contributed by atoms with Gasteiger partial charge in [0, 0.05) is 0 Å². The lowest BCUT2D eigenvalue weighted by Gasteiger charge is -2.26. The van der Waals surface area contributed by atoms with E-state index in [9.17, 15) is 13.5 Å². The van der Waals surface area contributed by atoms with E-state index < -0.39 is 22.2 Å². The summed E-state index contributed by atoms with van der Waals surface area (Å²) in [6.07, 6.45) is 0.0358. The van der Waals surface area contributed by atoms with Gasteiger partial charge in [-0.2, -0.15) is 0 Å². The third kappa shape index (κ3) is 3.93. The molecular formula is C11H18ClNO3S2. The van der Waals surface area contributed by atoms with Crippen LogP contribution >= 0.6 is 22.9 Å². The molecule has 4 nitrogen and oxygen atoms in total. The lowest BCUT2D eigenvalue weighted by molar-refractivity contribution is 0.128. The topological polar surface area (TPSA) is 66.4 Å². The number of halogens is 1.